The first kappa shape index (κ1) is 22.6. The lowest BCUT2D eigenvalue weighted by Crippen LogP contribution is -2.33. The number of nitrogen functional groups attached to an aromatic ring is 1. The summed E-state index contributed by atoms with van der Waals surface area (Å²) >= 11 is 6.26. The Hall–Kier alpha value is -2.58. The van der Waals surface area contributed by atoms with Gasteiger partial charge in [-0.3, -0.25) is 4.68 Å². The van der Waals surface area contributed by atoms with Crippen molar-refractivity contribution in [1.82, 2.24) is 19.7 Å². The van der Waals surface area contributed by atoms with Gasteiger partial charge in [0.25, 0.3) is 0 Å². The average Bonchev–Trinajstić information content (AvgIpc) is 3.13. The summed E-state index contributed by atoms with van der Waals surface area (Å²) in [4.78, 5) is 9.80. The third kappa shape index (κ3) is 4.61. The van der Waals surface area contributed by atoms with Gasteiger partial charge in [0.2, 0.25) is 5.95 Å². The van der Waals surface area contributed by atoms with E-state index in [9.17, 15) is 0 Å². The molecule has 172 valence electrons. The predicted molar refractivity (Wildman–Crippen MR) is 133 cm³/mol. The fourth-order valence-electron chi connectivity index (χ4n) is 4.17. The molecule has 0 unspecified atom stereocenters. The van der Waals surface area contributed by atoms with Crippen LogP contribution in [-0.4, -0.2) is 31.8 Å². The van der Waals surface area contributed by atoms with Gasteiger partial charge in [0.05, 0.1) is 16.4 Å². The van der Waals surface area contributed by atoms with Crippen LogP contribution in [0.15, 0.2) is 18.2 Å². The molecule has 6 N–H and O–H groups in total. The van der Waals surface area contributed by atoms with Gasteiger partial charge in [0.15, 0.2) is 5.82 Å². The van der Waals surface area contributed by atoms with Crippen molar-refractivity contribution in [3.05, 3.63) is 28.9 Å². The number of benzene rings is 1. The van der Waals surface area contributed by atoms with Crippen LogP contribution in [0.5, 0.6) is 0 Å². The van der Waals surface area contributed by atoms with Crippen molar-refractivity contribution in [3.8, 4) is 0 Å². The van der Waals surface area contributed by atoms with E-state index in [0.29, 0.717) is 34.6 Å². The maximum atomic E-state index is 6.26. The maximum Gasteiger partial charge on any atom is 0.225 e. The van der Waals surface area contributed by atoms with Crippen molar-refractivity contribution >= 4 is 45.8 Å². The molecule has 0 atom stereocenters. The second kappa shape index (κ2) is 9.11. The van der Waals surface area contributed by atoms with E-state index in [1.165, 1.54) is 0 Å². The molecule has 0 saturated heterocycles. The molecule has 4 rings (SSSR count). The van der Waals surface area contributed by atoms with Gasteiger partial charge in [0.1, 0.15) is 11.0 Å². The van der Waals surface area contributed by atoms with E-state index in [1.54, 1.807) is 12.1 Å². The molecular weight excluding hydrogens is 424 g/mol. The SMILES string of the molecule is CC(C)c1nn(C(C)C)c2c(Nc3ccc(N)c(Cl)c3)nc(NC3CCC(N)CC3)nc12. The fraction of sp³-hybridized carbons (Fsp3) is 0.522. The number of nitrogens with one attached hydrogen (secondary N) is 2. The molecule has 1 fully saturated rings. The second-order valence-corrected chi connectivity index (χ2v) is 9.70. The zero-order valence-corrected chi connectivity index (χ0v) is 19.9. The molecular formula is C23H33ClN8. The minimum absolute atomic E-state index is 0.155. The van der Waals surface area contributed by atoms with Gasteiger partial charge >= 0.3 is 0 Å². The van der Waals surface area contributed by atoms with Gasteiger partial charge in [-0.2, -0.15) is 10.1 Å². The summed E-state index contributed by atoms with van der Waals surface area (Å²) in [6.07, 6.45) is 4.05. The largest absolute Gasteiger partial charge is 0.398 e. The molecule has 0 spiro atoms. The minimum atomic E-state index is 0.155. The smallest absolute Gasteiger partial charge is 0.225 e. The average molecular weight is 457 g/mol. The molecule has 0 aliphatic heterocycles. The first-order chi connectivity index (χ1) is 15.2. The van der Waals surface area contributed by atoms with E-state index < -0.39 is 0 Å². The summed E-state index contributed by atoms with van der Waals surface area (Å²) in [5.41, 5.74) is 16.0. The molecule has 0 radical (unpaired) electrons. The van der Waals surface area contributed by atoms with Crippen molar-refractivity contribution in [1.29, 1.82) is 0 Å². The van der Waals surface area contributed by atoms with Gasteiger partial charge in [-0.15, -0.1) is 0 Å². The maximum absolute atomic E-state index is 6.26. The molecule has 32 heavy (non-hydrogen) atoms. The molecule has 1 aliphatic rings. The molecule has 1 aromatic carbocycles. The van der Waals surface area contributed by atoms with E-state index in [2.05, 4.69) is 38.3 Å². The van der Waals surface area contributed by atoms with Crippen LogP contribution >= 0.6 is 11.6 Å². The second-order valence-electron chi connectivity index (χ2n) is 9.29. The fourth-order valence-corrected chi connectivity index (χ4v) is 4.35. The topological polar surface area (TPSA) is 120 Å². The number of nitrogens with two attached hydrogens (primary N) is 2. The van der Waals surface area contributed by atoms with Gasteiger partial charge in [-0.05, 0) is 63.6 Å². The molecule has 9 heteroatoms. The van der Waals surface area contributed by atoms with Crippen molar-refractivity contribution in [2.75, 3.05) is 16.4 Å². The monoisotopic (exact) mass is 456 g/mol. The predicted octanol–water partition coefficient (Wildman–Crippen LogP) is 5.19. The first-order valence-electron chi connectivity index (χ1n) is 11.4. The van der Waals surface area contributed by atoms with Crippen LogP contribution in [0.4, 0.5) is 23.1 Å². The lowest BCUT2D eigenvalue weighted by Gasteiger charge is -2.27. The molecule has 3 aromatic rings. The number of aromatic nitrogens is 4. The molecule has 8 nitrogen and oxygen atoms in total. The Balaban J connectivity index is 1.81. The van der Waals surface area contributed by atoms with E-state index >= 15 is 0 Å². The van der Waals surface area contributed by atoms with Crippen molar-refractivity contribution in [2.45, 2.75) is 77.4 Å². The highest BCUT2D eigenvalue weighted by Crippen LogP contribution is 2.34. The summed E-state index contributed by atoms with van der Waals surface area (Å²) in [7, 11) is 0. The quantitative estimate of drug-likeness (QED) is 0.376. The van der Waals surface area contributed by atoms with Crippen LogP contribution in [0.3, 0.4) is 0 Å². The summed E-state index contributed by atoms with van der Waals surface area (Å²) in [5.74, 6) is 1.53. The van der Waals surface area contributed by atoms with Crippen LogP contribution in [0, 0.1) is 0 Å². The Morgan fingerprint density at radius 1 is 1.09 bits per heavy atom. The Morgan fingerprint density at radius 2 is 1.81 bits per heavy atom. The molecule has 1 aliphatic carbocycles. The standard InChI is InChI=1S/C23H33ClN8/c1-12(2)19-20-21(32(31-19)13(3)4)22(27-16-9-10-18(26)17(24)11-16)30-23(29-20)28-15-7-5-14(25)6-8-15/h9-15H,5-8,25-26H2,1-4H3,(H2,27,28,29,30). The number of anilines is 4. The Labute approximate surface area is 194 Å². The van der Waals surface area contributed by atoms with E-state index in [1.807, 2.05) is 10.7 Å². The van der Waals surface area contributed by atoms with Gasteiger partial charge in [-0.25, -0.2) is 4.98 Å². The number of nitrogens with zero attached hydrogens (tertiary/aromatic N) is 4. The highest BCUT2D eigenvalue weighted by atomic mass is 35.5. The molecule has 2 aromatic heterocycles. The van der Waals surface area contributed by atoms with Crippen molar-refractivity contribution < 1.29 is 0 Å². The number of halogens is 1. The summed E-state index contributed by atoms with van der Waals surface area (Å²) in [5, 5.41) is 12.4. The molecule has 2 heterocycles. The van der Waals surface area contributed by atoms with Crippen LogP contribution in [0.25, 0.3) is 11.0 Å². The summed E-state index contributed by atoms with van der Waals surface area (Å²) in [6.45, 7) is 8.49. The number of hydrogen-bond donors (Lipinski definition) is 4. The normalized spacial score (nSPS) is 19.1. The van der Waals surface area contributed by atoms with E-state index in [0.717, 1.165) is 48.1 Å². The summed E-state index contributed by atoms with van der Waals surface area (Å²) < 4.78 is 2.00. The highest BCUT2D eigenvalue weighted by molar-refractivity contribution is 6.33. The molecule has 1 saturated carbocycles. The van der Waals surface area contributed by atoms with E-state index in [4.69, 9.17) is 38.1 Å². The number of rotatable bonds is 6. The van der Waals surface area contributed by atoms with Crippen LogP contribution in [0.2, 0.25) is 5.02 Å². The van der Waals surface area contributed by atoms with Gasteiger partial charge < -0.3 is 22.1 Å². The van der Waals surface area contributed by atoms with Crippen molar-refractivity contribution in [2.24, 2.45) is 5.73 Å². The third-order valence-corrected chi connectivity index (χ3v) is 6.30. The Morgan fingerprint density at radius 3 is 2.44 bits per heavy atom. The minimum Gasteiger partial charge on any atom is -0.398 e. The van der Waals surface area contributed by atoms with Crippen LogP contribution in [0.1, 0.15) is 71.0 Å². The lowest BCUT2D eigenvalue weighted by molar-refractivity contribution is 0.410. The zero-order chi connectivity index (χ0) is 23.0. The summed E-state index contributed by atoms with van der Waals surface area (Å²) in [6, 6.07) is 6.24. The van der Waals surface area contributed by atoms with Gasteiger partial charge in [0, 0.05) is 23.8 Å². The Bertz CT molecular complexity index is 1100. The molecule has 0 bridgehead atoms. The van der Waals surface area contributed by atoms with Crippen molar-refractivity contribution in [3.63, 3.8) is 0 Å². The lowest BCUT2D eigenvalue weighted by atomic mass is 9.92. The highest BCUT2D eigenvalue weighted by Gasteiger charge is 2.24. The van der Waals surface area contributed by atoms with Gasteiger partial charge in [-0.1, -0.05) is 25.4 Å². The molecule has 0 amide bonds. The van der Waals surface area contributed by atoms with Crippen LogP contribution in [-0.2, 0) is 0 Å². The van der Waals surface area contributed by atoms with Crippen LogP contribution < -0.4 is 22.1 Å². The zero-order valence-electron chi connectivity index (χ0n) is 19.2. The number of hydrogen-bond acceptors (Lipinski definition) is 7. The van der Waals surface area contributed by atoms with E-state index in [-0.39, 0.29) is 12.0 Å². The Kier molecular flexibility index (Phi) is 6.44. The first-order valence-corrected chi connectivity index (χ1v) is 11.7. The third-order valence-electron chi connectivity index (χ3n) is 5.98. The number of fused-ring (bicyclic) bond motifs is 1.